The van der Waals surface area contributed by atoms with Gasteiger partial charge in [0.2, 0.25) is 0 Å². The Kier molecular flexibility index (Phi) is 10.3. The Balaban J connectivity index is 1.75. The van der Waals surface area contributed by atoms with E-state index in [0.717, 1.165) is 109 Å². The molecule has 0 radical (unpaired) electrons. The number of nitrogens with one attached hydrogen (secondary N) is 3. The van der Waals surface area contributed by atoms with Crippen molar-refractivity contribution in [2.75, 3.05) is 17.7 Å². The third-order valence-electron chi connectivity index (χ3n) is 11.4. The van der Waals surface area contributed by atoms with Crippen LogP contribution < -0.4 is 11.1 Å². The zero-order valence-corrected chi connectivity index (χ0v) is 33.6. The molecule has 7 rings (SSSR count). The average molecular weight is 733 g/mol. The number of nitrogen functional groups attached to an aromatic ring is 1. The van der Waals surface area contributed by atoms with E-state index < -0.39 is 6.09 Å². The predicted octanol–water partition coefficient (Wildman–Crippen LogP) is 12.2. The molecule has 5 aromatic rings. The van der Waals surface area contributed by atoms with Crippen molar-refractivity contribution in [2.45, 2.75) is 88.0 Å². The highest BCUT2D eigenvalue weighted by Crippen LogP contribution is 2.45. The minimum absolute atomic E-state index is 0.274. The highest BCUT2D eigenvalue weighted by atomic mass is 16.5. The summed E-state index contributed by atoms with van der Waals surface area (Å²) in [4.78, 5) is 31.7. The molecule has 1 amide bonds. The molecular formula is C47H52N6O2. The van der Waals surface area contributed by atoms with Gasteiger partial charge in [-0.2, -0.15) is 0 Å². The number of para-hydroxylation sites is 2. The van der Waals surface area contributed by atoms with Gasteiger partial charge >= 0.3 is 6.09 Å². The van der Waals surface area contributed by atoms with Crippen molar-refractivity contribution in [3.05, 3.63) is 106 Å². The molecule has 0 saturated carbocycles. The van der Waals surface area contributed by atoms with E-state index in [9.17, 15) is 4.79 Å². The number of hydrogen-bond donors (Lipinski definition) is 4. The number of fused-ring (bicyclic) bond motifs is 8. The molecule has 55 heavy (non-hydrogen) atoms. The van der Waals surface area contributed by atoms with Crippen LogP contribution in [0.4, 0.5) is 16.2 Å². The monoisotopic (exact) mass is 732 g/mol. The standard InChI is InChI=1S/C47H52N6O2/c1-10-29-25(6)43-41(33-19-15-17-21-35(33)48)44-26(7)30(11-2)38(50-44)24-40-32(13-4)28(9)46(52-40)42(34-20-16-18-22-36(34)53-47(54)55-14-5)45-27(8)31(12-3)39(51-45)23-37(29)49-43/h15-24,49,52H,10-14,48H2,1-9H3,(H,53,54). The minimum Gasteiger partial charge on any atom is -0.450 e. The Morgan fingerprint density at radius 2 is 1.15 bits per heavy atom. The van der Waals surface area contributed by atoms with Crippen LogP contribution in [0.15, 0.2) is 60.7 Å². The fourth-order valence-corrected chi connectivity index (χ4v) is 8.65. The van der Waals surface area contributed by atoms with Crippen molar-refractivity contribution in [3.8, 4) is 22.3 Å². The first-order valence-electron chi connectivity index (χ1n) is 19.6. The number of rotatable bonds is 8. The minimum atomic E-state index is -0.496. The molecule has 0 atom stereocenters. The first kappa shape index (κ1) is 37.4. The molecule has 8 heteroatoms. The van der Waals surface area contributed by atoms with E-state index in [-0.39, 0.29) is 6.61 Å². The lowest BCUT2D eigenvalue weighted by Gasteiger charge is -2.14. The number of aromatic nitrogens is 4. The predicted molar refractivity (Wildman–Crippen MR) is 231 cm³/mol. The van der Waals surface area contributed by atoms with E-state index in [2.05, 4.69) is 94.9 Å². The van der Waals surface area contributed by atoms with Crippen molar-refractivity contribution >= 4 is 61.8 Å². The highest BCUT2D eigenvalue weighted by Gasteiger charge is 2.27. The van der Waals surface area contributed by atoms with E-state index in [1.54, 1.807) is 6.92 Å². The van der Waals surface area contributed by atoms with Crippen LogP contribution in [0.1, 0.15) is 106 Å². The van der Waals surface area contributed by atoms with Gasteiger partial charge in [0, 0.05) is 39.0 Å². The van der Waals surface area contributed by atoms with Gasteiger partial charge in [0.1, 0.15) is 0 Å². The van der Waals surface area contributed by atoms with Crippen molar-refractivity contribution in [1.29, 1.82) is 0 Å². The normalized spacial score (nSPS) is 12.8. The number of hydrogen-bond acceptors (Lipinski definition) is 5. The molecule has 0 unspecified atom stereocenters. The molecule has 0 saturated heterocycles. The van der Waals surface area contributed by atoms with Gasteiger partial charge in [-0.25, -0.2) is 14.8 Å². The molecule has 282 valence electrons. The Labute approximate surface area is 324 Å². The molecule has 0 spiro atoms. The van der Waals surface area contributed by atoms with E-state index >= 15 is 0 Å². The van der Waals surface area contributed by atoms with Crippen LogP contribution in [-0.2, 0) is 17.6 Å². The summed E-state index contributed by atoms with van der Waals surface area (Å²) in [6.07, 6.45) is 2.77. The van der Waals surface area contributed by atoms with Gasteiger partial charge in [-0.15, -0.1) is 0 Å². The molecule has 0 fully saturated rings. The Bertz CT molecular complexity index is 2600. The van der Waals surface area contributed by atoms with Gasteiger partial charge < -0.3 is 20.4 Å². The zero-order chi connectivity index (χ0) is 39.1. The maximum Gasteiger partial charge on any atom is 0.411 e. The van der Waals surface area contributed by atoms with Crippen LogP contribution in [-0.4, -0.2) is 32.6 Å². The topological polar surface area (TPSA) is 122 Å². The molecule has 2 aromatic carbocycles. The number of carbonyl (C=O) groups is 1. The quantitative estimate of drug-likeness (QED) is 0.118. The third kappa shape index (κ3) is 6.33. The number of nitrogens with two attached hydrogens (primary N) is 1. The number of aromatic amines is 2. The van der Waals surface area contributed by atoms with Crippen LogP contribution in [0.25, 0.3) is 66.6 Å². The largest absolute Gasteiger partial charge is 0.450 e. The van der Waals surface area contributed by atoms with Gasteiger partial charge in [0.25, 0.3) is 0 Å². The summed E-state index contributed by atoms with van der Waals surface area (Å²) < 4.78 is 5.35. The maximum absolute atomic E-state index is 12.9. The van der Waals surface area contributed by atoms with E-state index in [1.807, 2.05) is 36.4 Å². The van der Waals surface area contributed by atoms with Crippen LogP contribution >= 0.6 is 0 Å². The zero-order valence-electron chi connectivity index (χ0n) is 33.6. The lowest BCUT2D eigenvalue weighted by molar-refractivity contribution is 0.168. The van der Waals surface area contributed by atoms with Crippen LogP contribution in [0, 0.1) is 13.8 Å². The fourth-order valence-electron chi connectivity index (χ4n) is 8.65. The Morgan fingerprint density at radius 1 is 0.673 bits per heavy atom. The number of carbonyl (C=O) groups excluding carboxylic acids is 1. The van der Waals surface area contributed by atoms with E-state index in [1.165, 1.54) is 27.8 Å². The first-order chi connectivity index (χ1) is 26.6. The number of allylic oxidation sites excluding steroid dienone is 4. The lowest BCUT2D eigenvalue weighted by atomic mass is 9.94. The van der Waals surface area contributed by atoms with Gasteiger partial charge in [-0.3, -0.25) is 5.32 Å². The lowest BCUT2D eigenvalue weighted by Crippen LogP contribution is -2.14. The van der Waals surface area contributed by atoms with Crippen molar-refractivity contribution < 1.29 is 9.53 Å². The van der Waals surface area contributed by atoms with Gasteiger partial charge in [-0.05, 0) is 129 Å². The van der Waals surface area contributed by atoms with Crippen LogP contribution in [0.5, 0.6) is 0 Å². The number of aryl methyl sites for hydroxylation is 4. The molecule has 8 bridgehead atoms. The van der Waals surface area contributed by atoms with Crippen LogP contribution in [0.3, 0.4) is 0 Å². The highest BCUT2D eigenvalue weighted by molar-refractivity contribution is 6.06. The number of amides is 1. The molecule has 2 aliphatic heterocycles. The second-order valence-corrected chi connectivity index (χ2v) is 14.4. The number of anilines is 2. The van der Waals surface area contributed by atoms with Crippen molar-refractivity contribution in [1.82, 2.24) is 19.9 Å². The summed E-state index contributed by atoms with van der Waals surface area (Å²) in [5.74, 6) is 0. The van der Waals surface area contributed by atoms with E-state index in [4.69, 9.17) is 20.4 Å². The first-order valence-corrected chi connectivity index (χ1v) is 19.6. The summed E-state index contributed by atoms with van der Waals surface area (Å²) in [6, 6.07) is 20.5. The fraction of sp³-hybridized carbons (Fsp3) is 0.298. The van der Waals surface area contributed by atoms with Crippen LogP contribution in [0.2, 0.25) is 0 Å². The number of benzene rings is 2. The van der Waals surface area contributed by atoms with Crippen molar-refractivity contribution in [2.24, 2.45) is 0 Å². The van der Waals surface area contributed by atoms with Gasteiger partial charge in [-0.1, -0.05) is 64.1 Å². The molecule has 5 N–H and O–H groups in total. The smallest absolute Gasteiger partial charge is 0.411 e. The molecule has 5 heterocycles. The summed E-state index contributed by atoms with van der Waals surface area (Å²) in [7, 11) is 0. The van der Waals surface area contributed by atoms with Crippen molar-refractivity contribution in [3.63, 3.8) is 0 Å². The summed E-state index contributed by atoms with van der Waals surface area (Å²) in [5.41, 5.74) is 28.9. The summed E-state index contributed by atoms with van der Waals surface area (Å²) in [5, 5.41) is 3.02. The summed E-state index contributed by atoms with van der Waals surface area (Å²) >= 11 is 0. The molecule has 0 aliphatic carbocycles. The second kappa shape index (κ2) is 15.1. The molecule has 2 aliphatic rings. The van der Waals surface area contributed by atoms with Gasteiger partial charge in [0.15, 0.2) is 0 Å². The maximum atomic E-state index is 12.9. The Hall–Kier alpha value is -5.89. The average Bonchev–Trinajstić information content (AvgIpc) is 3.86. The summed E-state index contributed by atoms with van der Waals surface area (Å²) in [6.45, 7) is 19.6. The van der Waals surface area contributed by atoms with Gasteiger partial charge in [0.05, 0.1) is 46.1 Å². The number of ether oxygens (including phenoxy) is 1. The third-order valence-corrected chi connectivity index (χ3v) is 11.4. The Morgan fingerprint density at radius 3 is 1.62 bits per heavy atom. The number of nitrogens with zero attached hydrogens (tertiary/aromatic N) is 2. The number of H-pyrrole nitrogens is 2. The SMILES string of the molecule is CCOC(=O)Nc1ccccc1-c1c2nc(cc3[nH]c(c(C)c3CC)c(-c3ccccc3N)c3nc(cc4[nH]c1c(C)c4CC)C(CC)=C3C)C(CC)=C2C. The molecular weight excluding hydrogens is 681 g/mol. The molecule has 3 aromatic heterocycles. The second-order valence-electron chi connectivity index (χ2n) is 14.4. The van der Waals surface area contributed by atoms with E-state index in [0.29, 0.717) is 11.4 Å². The molecule has 8 nitrogen and oxygen atoms in total.